The van der Waals surface area contributed by atoms with E-state index in [1.807, 2.05) is 25.4 Å². The Kier molecular flexibility index (Phi) is 10.5. The van der Waals surface area contributed by atoms with Crippen LogP contribution in [0.5, 0.6) is 5.75 Å². The van der Waals surface area contributed by atoms with Crippen molar-refractivity contribution in [2.24, 2.45) is 11.8 Å². The van der Waals surface area contributed by atoms with Crippen molar-refractivity contribution in [2.75, 3.05) is 13.1 Å². The highest BCUT2D eigenvalue weighted by Gasteiger charge is 2.30. The normalized spacial score (nSPS) is 16.9. The number of rotatable bonds is 13. The first-order valence-electron chi connectivity index (χ1n) is 13.7. The van der Waals surface area contributed by atoms with Crippen LogP contribution in [0.4, 0.5) is 0 Å². The Bertz CT molecular complexity index is 1130. The largest absolute Gasteiger partial charge is 0.486 e. The van der Waals surface area contributed by atoms with E-state index in [0.717, 1.165) is 62.5 Å². The molecule has 2 atom stereocenters. The van der Waals surface area contributed by atoms with Crippen LogP contribution in [0.2, 0.25) is 0 Å². The number of nitrogens with two attached hydrogens (primary N) is 1. The van der Waals surface area contributed by atoms with Crippen molar-refractivity contribution in [3.05, 3.63) is 83.5 Å². The molecule has 0 radical (unpaired) electrons. The Morgan fingerprint density at radius 1 is 1.32 bits per heavy atom. The monoisotopic (exact) mass is 519 g/mol. The number of ether oxygens (including phenoxy) is 1. The zero-order chi connectivity index (χ0) is 27.7. The van der Waals surface area contributed by atoms with Crippen molar-refractivity contribution in [3.63, 3.8) is 0 Å². The van der Waals surface area contributed by atoms with Crippen LogP contribution in [0.15, 0.2) is 61.2 Å². The number of fused-ring (bicyclic) bond motifs is 1. The molecule has 2 heterocycles. The second kappa shape index (κ2) is 13.6. The number of hydrogen-bond donors (Lipinski definition) is 3. The molecule has 206 valence electrons. The van der Waals surface area contributed by atoms with Gasteiger partial charge in [0.1, 0.15) is 11.4 Å². The second-order valence-electron chi connectivity index (χ2n) is 10.8. The molecule has 0 spiro atoms. The number of hydrogen-bond acceptors (Lipinski definition) is 7. The summed E-state index contributed by atoms with van der Waals surface area (Å²) < 4.78 is 6.33. The number of carbonyl (C=O) groups is 1. The predicted octanol–water partition coefficient (Wildman–Crippen LogP) is 5.12. The number of carbonyl (C=O) groups excluding carboxylic acids is 1. The number of pyridine rings is 1. The fraction of sp³-hybridized carbons (Fsp3) is 0.484. The molecule has 1 aromatic carbocycles. The maximum absolute atomic E-state index is 12.9. The highest BCUT2D eigenvalue weighted by Crippen LogP contribution is 2.35. The van der Waals surface area contributed by atoms with Crippen LogP contribution in [-0.4, -0.2) is 34.4 Å². The van der Waals surface area contributed by atoms with Crippen molar-refractivity contribution in [3.8, 4) is 5.75 Å². The molecule has 1 aliphatic rings. The summed E-state index contributed by atoms with van der Waals surface area (Å²) in [6.45, 7) is 17.5. The topological polar surface area (TPSA) is 92.5 Å². The van der Waals surface area contributed by atoms with Crippen LogP contribution in [0, 0.1) is 12.8 Å². The molecule has 7 nitrogen and oxygen atoms in total. The number of aryl methyl sites for hydroxylation is 1. The highest BCUT2D eigenvalue weighted by molar-refractivity contribution is 5.91. The number of benzene rings is 1. The summed E-state index contributed by atoms with van der Waals surface area (Å²) in [7, 11) is 0. The molecule has 0 bridgehead atoms. The fourth-order valence-electron chi connectivity index (χ4n) is 5.40. The van der Waals surface area contributed by atoms with Gasteiger partial charge in [0.2, 0.25) is 0 Å². The summed E-state index contributed by atoms with van der Waals surface area (Å²) in [5.74, 6) is 6.70. The number of ketones is 1. The zero-order valence-corrected chi connectivity index (χ0v) is 23.7. The van der Waals surface area contributed by atoms with Gasteiger partial charge in [-0.25, -0.2) is 0 Å². The minimum Gasteiger partial charge on any atom is -0.486 e. The van der Waals surface area contributed by atoms with E-state index in [2.05, 4.69) is 73.1 Å². The Labute approximate surface area is 228 Å². The van der Waals surface area contributed by atoms with Gasteiger partial charge >= 0.3 is 0 Å². The zero-order valence-electron chi connectivity index (χ0n) is 23.7. The Balaban J connectivity index is 1.92. The molecule has 2 unspecified atom stereocenters. The lowest BCUT2D eigenvalue weighted by Gasteiger charge is -2.30. The minimum absolute atomic E-state index is 0.0528. The van der Waals surface area contributed by atoms with E-state index in [4.69, 9.17) is 10.6 Å². The van der Waals surface area contributed by atoms with Gasteiger partial charge in [0.25, 0.3) is 0 Å². The van der Waals surface area contributed by atoms with Gasteiger partial charge in [-0.3, -0.25) is 20.5 Å². The second-order valence-corrected chi connectivity index (χ2v) is 10.8. The minimum atomic E-state index is -0.325. The highest BCUT2D eigenvalue weighted by atomic mass is 16.5. The molecule has 0 saturated heterocycles. The third-order valence-electron chi connectivity index (χ3n) is 7.32. The molecule has 0 saturated carbocycles. The fourth-order valence-corrected chi connectivity index (χ4v) is 5.40. The Hall–Kier alpha value is -3.16. The first kappa shape index (κ1) is 29.4. The molecule has 2 aromatic rings. The maximum Gasteiger partial charge on any atom is 0.158 e. The maximum atomic E-state index is 12.9. The third kappa shape index (κ3) is 7.68. The molecular formula is C31H45N5O2. The summed E-state index contributed by atoms with van der Waals surface area (Å²) in [5.41, 5.74) is 8.18. The number of allylic oxidation sites excluding steroid dienone is 2. The first-order valence-corrected chi connectivity index (χ1v) is 13.7. The Morgan fingerprint density at radius 2 is 2.11 bits per heavy atom. The molecule has 4 N–H and O–H groups in total. The van der Waals surface area contributed by atoms with Gasteiger partial charge in [-0.15, -0.1) is 0 Å². The summed E-state index contributed by atoms with van der Waals surface area (Å²) in [4.78, 5) is 19.7. The van der Waals surface area contributed by atoms with Gasteiger partial charge in [-0.2, -0.15) is 0 Å². The lowest BCUT2D eigenvalue weighted by molar-refractivity contribution is -0.119. The van der Waals surface area contributed by atoms with Crippen molar-refractivity contribution < 1.29 is 9.53 Å². The van der Waals surface area contributed by atoms with Crippen LogP contribution in [0.25, 0.3) is 0 Å². The predicted molar refractivity (Wildman–Crippen MR) is 154 cm³/mol. The van der Waals surface area contributed by atoms with Crippen molar-refractivity contribution in [1.82, 2.24) is 20.6 Å². The van der Waals surface area contributed by atoms with E-state index < -0.39 is 0 Å². The van der Waals surface area contributed by atoms with Crippen molar-refractivity contribution >= 4 is 5.78 Å². The molecule has 1 aromatic heterocycles. The molecular weight excluding hydrogens is 474 g/mol. The number of hydrazine groups is 1. The number of aromatic nitrogens is 1. The quantitative estimate of drug-likeness (QED) is 0.192. The molecule has 38 heavy (non-hydrogen) atoms. The van der Waals surface area contributed by atoms with Crippen LogP contribution < -0.4 is 21.3 Å². The van der Waals surface area contributed by atoms with E-state index in [1.165, 1.54) is 22.8 Å². The van der Waals surface area contributed by atoms with Crippen LogP contribution in [0.3, 0.4) is 0 Å². The van der Waals surface area contributed by atoms with Gasteiger partial charge in [0, 0.05) is 62.0 Å². The van der Waals surface area contributed by atoms with E-state index in [9.17, 15) is 4.79 Å². The van der Waals surface area contributed by atoms with Crippen LogP contribution in [-0.2, 0) is 17.9 Å². The summed E-state index contributed by atoms with van der Waals surface area (Å²) in [6.07, 6.45) is 9.36. The standard InChI is InChI=1S/C31H45N5O2/c1-7-27(29(37)8-2)28(13-12-26(35-32)18-33-9-3)23-11-10-22(4)24(16-23)19-36-20-25-17-34-15-14-30(25)38-31(5,6)21-36/h8,10-11,14-18,27-28,33,35H,2,7,9,12-13,19-21,32H2,1,3-6H3/b26-18-. The van der Waals surface area contributed by atoms with Crippen molar-refractivity contribution in [1.29, 1.82) is 0 Å². The lowest BCUT2D eigenvalue weighted by Crippen LogP contribution is -2.40. The van der Waals surface area contributed by atoms with Gasteiger partial charge in [0.05, 0.1) is 0 Å². The van der Waals surface area contributed by atoms with Gasteiger partial charge in [-0.1, -0.05) is 31.7 Å². The molecule has 0 aliphatic carbocycles. The van der Waals surface area contributed by atoms with Gasteiger partial charge in [-0.05, 0) is 81.7 Å². The molecule has 1 aliphatic heterocycles. The van der Waals surface area contributed by atoms with Crippen LogP contribution >= 0.6 is 0 Å². The van der Waals surface area contributed by atoms with Crippen LogP contribution in [0.1, 0.15) is 75.1 Å². The average molecular weight is 520 g/mol. The molecule has 7 heteroatoms. The Morgan fingerprint density at radius 3 is 2.79 bits per heavy atom. The first-order chi connectivity index (χ1) is 18.2. The number of nitrogens with zero attached hydrogens (tertiary/aromatic N) is 2. The average Bonchev–Trinajstić information content (AvgIpc) is 3.02. The van der Waals surface area contributed by atoms with E-state index in [-0.39, 0.29) is 23.2 Å². The molecule has 0 fully saturated rings. The van der Waals surface area contributed by atoms with Gasteiger partial charge < -0.3 is 15.5 Å². The smallest absolute Gasteiger partial charge is 0.158 e. The third-order valence-corrected chi connectivity index (χ3v) is 7.32. The van der Waals surface area contributed by atoms with E-state index >= 15 is 0 Å². The molecule has 0 amide bonds. The van der Waals surface area contributed by atoms with E-state index in [1.54, 1.807) is 6.20 Å². The van der Waals surface area contributed by atoms with Gasteiger partial charge in [0.15, 0.2) is 5.78 Å². The molecule has 3 rings (SSSR count). The summed E-state index contributed by atoms with van der Waals surface area (Å²) >= 11 is 0. The lowest BCUT2D eigenvalue weighted by atomic mass is 9.78. The SMILES string of the molecule is C=CC(=O)C(CC)C(CC/C(=C/NCC)NN)c1ccc(C)c(CN2Cc3cnccc3OC(C)(C)C2)c1. The van der Waals surface area contributed by atoms with E-state index in [0.29, 0.717) is 0 Å². The number of nitrogens with one attached hydrogen (secondary N) is 2. The summed E-state index contributed by atoms with van der Waals surface area (Å²) in [5, 5.41) is 3.21. The summed E-state index contributed by atoms with van der Waals surface area (Å²) in [6, 6.07) is 8.62. The van der Waals surface area contributed by atoms with Crippen molar-refractivity contribution in [2.45, 2.75) is 78.5 Å².